The summed E-state index contributed by atoms with van der Waals surface area (Å²) >= 11 is 1.56. The second kappa shape index (κ2) is 11.7. The van der Waals surface area contributed by atoms with Crippen LogP contribution in [0.5, 0.6) is 11.5 Å². The molecule has 1 aliphatic rings. The molecule has 5 rings (SSSR count). The van der Waals surface area contributed by atoms with Crippen LogP contribution in [0.2, 0.25) is 0 Å². The topological polar surface area (TPSA) is 90.3 Å². The van der Waals surface area contributed by atoms with Crippen LogP contribution in [0, 0.1) is 6.92 Å². The van der Waals surface area contributed by atoms with E-state index in [2.05, 4.69) is 41.8 Å². The number of carbonyl (C=O) groups is 1. The Morgan fingerprint density at radius 3 is 2.62 bits per heavy atom. The molecule has 0 unspecified atom stereocenters. The second-order valence-electron chi connectivity index (χ2n) is 9.16. The maximum Gasteiger partial charge on any atom is 0.255 e. The summed E-state index contributed by atoms with van der Waals surface area (Å²) in [4.78, 5) is 18.6. The number of nitrogens with zero attached hydrogens (tertiary/aromatic N) is 3. The monoisotopic (exact) mass is 541 g/mol. The molecule has 0 saturated carbocycles. The van der Waals surface area contributed by atoms with Crippen LogP contribution in [0.1, 0.15) is 36.6 Å². The van der Waals surface area contributed by atoms with Gasteiger partial charge in [0.25, 0.3) is 5.91 Å². The number of anilines is 2. The van der Waals surface area contributed by atoms with Gasteiger partial charge in [-0.25, -0.2) is 4.68 Å². The lowest BCUT2D eigenvalue weighted by molar-refractivity contribution is -0.113. The fraction of sp³-hybridized carbons (Fsp3) is 0.233. The molecule has 4 aromatic rings. The minimum Gasteiger partial charge on any atom is -0.495 e. The van der Waals surface area contributed by atoms with Crippen LogP contribution in [0.4, 0.5) is 11.6 Å². The highest BCUT2D eigenvalue weighted by atomic mass is 32.2. The number of para-hydroxylation sites is 2. The van der Waals surface area contributed by atoms with Crippen molar-refractivity contribution in [3.63, 3.8) is 0 Å². The summed E-state index contributed by atoms with van der Waals surface area (Å²) in [6, 6.07) is 23.0. The van der Waals surface area contributed by atoms with Gasteiger partial charge in [0.15, 0.2) is 0 Å². The third-order valence-electron chi connectivity index (χ3n) is 6.39. The van der Waals surface area contributed by atoms with Crippen LogP contribution in [0.25, 0.3) is 0 Å². The van der Waals surface area contributed by atoms with Gasteiger partial charge in [0, 0.05) is 11.4 Å². The highest BCUT2D eigenvalue weighted by molar-refractivity contribution is 7.98. The van der Waals surface area contributed by atoms with E-state index in [1.165, 1.54) is 11.1 Å². The minimum atomic E-state index is -0.493. The number of carbonyl (C=O) groups excluding carboxylic acids is 1. The molecule has 0 spiro atoms. The number of thioether (sulfide) groups is 1. The van der Waals surface area contributed by atoms with E-state index in [4.69, 9.17) is 19.6 Å². The molecule has 39 heavy (non-hydrogen) atoms. The van der Waals surface area contributed by atoms with Crippen LogP contribution < -0.4 is 20.1 Å². The molecule has 0 fully saturated rings. The van der Waals surface area contributed by atoms with Crippen LogP contribution in [-0.4, -0.2) is 34.4 Å². The fourth-order valence-electron chi connectivity index (χ4n) is 4.60. The molecule has 8 nitrogen and oxygen atoms in total. The van der Waals surface area contributed by atoms with Gasteiger partial charge in [0.1, 0.15) is 17.5 Å². The zero-order valence-corrected chi connectivity index (χ0v) is 23.2. The molecular formula is C30H31N5O3S. The highest BCUT2D eigenvalue weighted by Gasteiger charge is 2.34. The lowest BCUT2D eigenvalue weighted by Gasteiger charge is -2.29. The molecule has 3 aromatic carbocycles. The first-order valence-corrected chi connectivity index (χ1v) is 13.7. The number of aryl methyl sites for hydroxylation is 1. The molecule has 1 aliphatic heterocycles. The Morgan fingerprint density at radius 2 is 1.87 bits per heavy atom. The maximum absolute atomic E-state index is 13.8. The number of hydrogen-bond donors (Lipinski definition) is 2. The summed E-state index contributed by atoms with van der Waals surface area (Å²) in [5.41, 5.74) is 5.15. The first-order chi connectivity index (χ1) is 19.0. The molecule has 0 radical (unpaired) electrons. The molecule has 2 N–H and O–H groups in total. The Balaban J connectivity index is 1.49. The highest BCUT2D eigenvalue weighted by Crippen LogP contribution is 2.38. The van der Waals surface area contributed by atoms with Gasteiger partial charge in [-0.15, -0.1) is 5.10 Å². The number of ether oxygens (including phenoxy) is 2. The van der Waals surface area contributed by atoms with Gasteiger partial charge in [-0.2, -0.15) is 4.98 Å². The average Bonchev–Trinajstić information content (AvgIpc) is 3.34. The molecular weight excluding hydrogens is 510 g/mol. The summed E-state index contributed by atoms with van der Waals surface area (Å²) in [6.07, 6.45) is 0. The summed E-state index contributed by atoms with van der Waals surface area (Å²) in [5.74, 6) is 2.43. The van der Waals surface area contributed by atoms with Crippen molar-refractivity contribution in [3.05, 3.63) is 101 Å². The van der Waals surface area contributed by atoms with E-state index in [9.17, 15) is 4.79 Å². The van der Waals surface area contributed by atoms with Crippen molar-refractivity contribution in [1.29, 1.82) is 0 Å². The molecule has 1 atom stereocenters. The summed E-state index contributed by atoms with van der Waals surface area (Å²) < 4.78 is 12.9. The Morgan fingerprint density at radius 1 is 1.08 bits per heavy atom. The van der Waals surface area contributed by atoms with E-state index in [0.717, 1.165) is 17.1 Å². The smallest absolute Gasteiger partial charge is 0.255 e. The largest absolute Gasteiger partial charge is 0.495 e. The van der Waals surface area contributed by atoms with Gasteiger partial charge in [0.2, 0.25) is 11.1 Å². The quantitative estimate of drug-likeness (QED) is 0.243. The predicted octanol–water partition coefficient (Wildman–Crippen LogP) is 6.21. The zero-order valence-electron chi connectivity index (χ0n) is 22.4. The van der Waals surface area contributed by atoms with Gasteiger partial charge >= 0.3 is 0 Å². The molecule has 0 saturated heterocycles. The predicted molar refractivity (Wildman–Crippen MR) is 154 cm³/mol. The van der Waals surface area contributed by atoms with Crippen molar-refractivity contribution in [2.75, 3.05) is 24.4 Å². The molecule has 0 bridgehead atoms. The average molecular weight is 542 g/mol. The second-order valence-corrected chi connectivity index (χ2v) is 10.1. The number of nitrogens with one attached hydrogen (secondary N) is 2. The van der Waals surface area contributed by atoms with Crippen molar-refractivity contribution in [3.8, 4) is 11.5 Å². The Bertz CT molecular complexity index is 1510. The van der Waals surface area contributed by atoms with Gasteiger partial charge in [-0.05, 0) is 56.2 Å². The number of rotatable bonds is 9. The Hall–Kier alpha value is -4.24. The lowest BCUT2D eigenvalue weighted by atomic mass is 9.95. The number of amides is 1. The standard InChI is InChI=1S/C30H31N5O3S/c1-5-38-23-15-13-22(14-16-23)27-26(28(36)32-24-11-6-7-12-25(24)37-4)20(3)31-29-33-30(34-35(27)29)39-18-21-10-8-9-19(2)17-21/h6-17,27H,5,18H2,1-4H3,(H,32,36)(H,31,33,34)/t27-/m0/s1. The van der Waals surface area contributed by atoms with Crippen LogP contribution in [0.15, 0.2) is 89.2 Å². The summed E-state index contributed by atoms with van der Waals surface area (Å²) in [7, 11) is 1.58. The van der Waals surface area contributed by atoms with Crippen LogP contribution in [-0.2, 0) is 10.5 Å². The Labute approximate surface area is 232 Å². The fourth-order valence-corrected chi connectivity index (χ4v) is 5.37. The lowest BCUT2D eigenvalue weighted by Crippen LogP contribution is -2.31. The van der Waals surface area contributed by atoms with Crippen molar-refractivity contribution in [2.24, 2.45) is 0 Å². The van der Waals surface area contributed by atoms with E-state index >= 15 is 0 Å². The number of aromatic nitrogens is 3. The zero-order chi connectivity index (χ0) is 27.4. The van der Waals surface area contributed by atoms with E-state index < -0.39 is 6.04 Å². The van der Waals surface area contributed by atoms with E-state index in [0.29, 0.717) is 40.4 Å². The van der Waals surface area contributed by atoms with E-state index in [-0.39, 0.29) is 5.91 Å². The number of hydrogen-bond acceptors (Lipinski definition) is 7. The van der Waals surface area contributed by atoms with Gasteiger partial charge < -0.3 is 20.1 Å². The van der Waals surface area contributed by atoms with Crippen LogP contribution in [0.3, 0.4) is 0 Å². The van der Waals surface area contributed by atoms with Crippen molar-refractivity contribution in [2.45, 2.75) is 37.7 Å². The maximum atomic E-state index is 13.8. The third-order valence-corrected chi connectivity index (χ3v) is 7.30. The van der Waals surface area contributed by atoms with Gasteiger partial charge in [-0.1, -0.05) is 65.9 Å². The summed E-state index contributed by atoms with van der Waals surface area (Å²) in [5, 5.41) is 11.8. The molecule has 9 heteroatoms. The van der Waals surface area contributed by atoms with Crippen molar-refractivity contribution in [1.82, 2.24) is 14.8 Å². The van der Waals surface area contributed by atoms with Gasteiger partial charge in [-0.3, -0.25) is 4.79 Å². The minimum absolute atomic E-state index is 0.251. The Kier molecular flexibility index (Phi) is 7.88. The van der Waals surface area contributed by atoms with E-state index in [1.54, 1.807) is 23.6 Å². The first kappa shape index (κ1) is 26.4. The van der Waals surface area contributed by atoms with Crippen LogP contribution >= 0.6 is 11.8 Å². The third kappa shape index (κ3) is 5.78. The SMILES string of the molecule is CCOc1ccc([C@H]2C(C(=O)Nc3ccccc3OC)=C(C)Nc3nc(SCc4cccc(C)c4)nn32)cc1. The van der Waals surface area contributed by atoms with Crippen molar-refractivity contribution >= 4 is 29.3 Å². The normalized spacial score (nSPS) is 14.4. The number of benzene rings is 3. The molecule has 2 heterocycles. The van der Waals surface area contributed by atoms with Gasteiger partial charge in [0.05, 0.1) is 25.0 Å². The first-order valence-electron chi connectivity index (χ1n) is 12.8. The number of methoxy groups -OCH3 is 1. The van der Waals surface area contributed by atoms with E-state index in [1.807, 2.05) is 62.4 Å². The van der Waals surface area contributed by atoms with Crippen molar-refractivity contribution < 1.29 is 14.3 Å². The molecule has 1 amide bonds. The number of fused-ring (bicyclic) bond motifs is 1. The summed E-state index contributed by atoms with van der Waals surface area (Å²) in [6.45, 7) is 6.49. The molecule has 1 aromatic heterocycles. The molecule has 0 aliphatic carbocycles. The molecule has 200 valence electrons. The number of allylic oxidation sites excluding steroid dienone is 1.